The summed E-state index contributed by atoms with van der Waals surface area (Å²) in [5.41, 5.74) is -0.160. The van der Waals surface area contributed by atoms with Gasteiger partial charge < -0.3 is 9.72 Å². The number of hydrogen-bond acceptors (Lipinski definition) is 4. The normalized spacial score (nSPS) is 11.2. The first-order valence-electron chi connectivity index (χ1n) is 4.90. The number of methoxy groups -OCH3 is 1. The highest BCUT2D eigenvalue weighted by Gasteiger charge is 2.14. The quantitative estimate of drug-likeness (QED) is 0.798. The molecular formula is C9H11BrN4O3. The Labute approximate surface area is 104 Å². The summed E-state index contributed by atoms with van der Waals surface area (Å²) in [5, 5.41) is 0. The number of H-pyrrole nitrogens is 1. The van der Waals surface area contributed by atoms with Crippen LogP contribution in [0.25, 0.3) is 11.2 Å². The van der Waals surface area contributed by atoms with Crippen LogP contribution in [0, 0.1) is 0 Å². The van der Waals surface area contributed by atoms with Gasteiger partial charge in [0.15, 0.2) is 15.9 Å². The van der Waals surface area contributed by atoms with Crippen LogP contribution in [0.2, 0.25) is 0 Å². The van der Waals surface area contributed by atoms with E-state index in [2.05, 4.69) is 25.9 Å². The summed E-state index contributed by atoms with van der Waals surface area (Å²) in [7, 11) is 2.98. The Kier molecular flexibility index (Phi) is 3.16. The fourth-order valence-electron chi connectivity index (χ4n) is 1.59. The van der Waals surface area contributed by atoms with Crippen molar-refractivity contribution in [3.05, 3.63) is 25.6 Å². The standard InChI is InChI=1S/C9H11BrN4O3/c1-13-7(15)5-6(12-8(10)11-5)14(9(13)16)3-4-17-2/h3-4H2,1-2H3,(H,11,12). The first-order chi connectivity index (χ1) is 8.06. The predicted molar refractivity (Wildman–Crippen MR) is 65.2 cm³/mol. The minimum Gasteiger partial charge on any atom is -0.383 e. The molecule has 2 aromatic heterocycles. The van der Waals surface area contributed by atoms with Gasteiger partial charge in [0.25, 0.3) is 5.56 Å². The second kappa shape index (κ2) is 4.46. The minimum absolute atomic E-state index is 0.301. The third kappa shape index (κ3) is 1.93. The molecule has 0 saturated carbocycles. The summed E-state index contributed by atoms with van der Waals surface area (Å²) in [4.78, 5) is 30.6. The van der Waals surface area contributed by atoms with Crippen molar-refractivity contribution in [2.24, 2.45) is 7.05 Å². The molecule has 17 heavy (non-hydrogen) atoms. The maximum Gasteiger partial charge on any atom is 0.332 e. The van der Waals surface area contributed by atoms with Crippen LogP contribution in [0.3, 0.4) is 0 Å². The molecule has 0 aromatic carbocycles. The second-order valence-electron chi connectivity index (χ2n) is 3.52. The maximum atomic E-state index is 11.9. The summed E-state index contributed by atoms with van der Waals surface area (Å²) in [6, 6.07) is 0. The van der Waals surface area contributed by atoms with Gasteiger partial charge in [0.05, 0.1) is 13.2 Å². The van der Waals surface area contributed by atoms with Gasteiger partial charge in [0.1, 0.15) is 0 Å². The van der Waals surface area contributed by atoms with Gasteiger partial charge in [-0.2, -0.15) is 0 Å². The van der Waals surface area contributed by atoms with Crippen molar-refractivity contribution in [1.82, 2.24) is 19.1 Å². The van der Waals surface area contributed by atoms with E-state index in [4.69, 9.17) is 4.74 Å². The Balaban J connectivity index is 2.80. The highest BCUT2D eigenvalue weighted by Crippen LogP contribution is 2.09. The zero-order chi connectivity index (χ0) is 12.6. The Morgan fingerprint density at radius 2 is 2.18 bits per heavy atom. The molecule has 2 heterocycles. The third-order valence-electron chi connectivity index (χ3n) is 2.47. The number of hydrogen-bond donors (Lipinski definition) is 1. The van der Waals surface area contributed by atoms with Crippen LogP contribution in [0.15, 0.2) is 14.3 Å². The van der Waals surface area contributed by atoms with Crippen LogP contribution < -0.4 is 11.2 Å². The van der Waals surface area contributed by atoms with Gasteiger partial charge in [-0.25, -0.2) is 9.78 Å². The molecule has 0 saturated heterocycles. The van der Waals surface area contributed by atoms with Crippen molar-refractivity contribution < 1.29 is 4.74 Å². The molecule has 0 aliphatic heterocycles. The molecule has 0 fully saturated rings. The van der Waals surface area contributed by atoms with Gasteiger partial charge in [-0.3, -0.25) is 13.9 Å². The van der Waals surface area contributed by atoms with Crippen LogP contribution in [0.4, 0.5) is 0 Å². The van der Waals surface area contributed by atoms with Gasteiger partial charge in [-0.1, -0.05) is 0 Å². The molecule has 0 bridgehead atoms. The SMILES string of the molecule is COCCn1c(=O)n(C)c(=O)c2[nH]c(Br)nc21. The highest BCUT2D eigenvalue weighted by atomic mass is 79.9. The molecule has 2 rings (SSSR count). The van der Waals surface area contributed by atoms with E-state index in [1.807, 2.05) is 0 Å². The van der Waals surface area contributed by atoms with E-state index in [1.54, 1.807) is 7.11 Å². The maximum absolute atomic E-state index is 11.9. The molecule has 1 N–H and O–H groups in total. The molecule has 2 aromatic rings. The van der Waals surface area contributed by atoms with Gasteiger partial charge >= 0.3 is 5.69 Å². The first kappa shape index (κ1) is 12.1. The smallest absolute Gasteiger partial charge is 0.332 e. The summed E-state index contributed by atoms with van der Waals surface area (Å²) in [6.07, 6.45) is 0. The number of aromatic nitrogens is 4. The number of imidazole rings is 1. The first-order valence-corrected chi connectivity index (χ1v) is 5.69. The molecule has 0 atom stereocenters. The molecule has 0 radical (unpaired) electrons. The van der Waals surface area contributed by atoms with Crippen LogP contribution in [0.5, 0.6) is 0 Å². The molecule has 0 amide bonds. The molecule has 92 valence electrons. The lowest BCUT2D eigenvalue weighted by Gasteiger charge is -2.07. The van der Waals surface area contributed by atoms with Crippen molar-refractivity contribution in [3.8, 4) is 0 Å². The number of halogens is 1. The molecule has 0 spiro atoms. The van der Waals surface area contributed by atoms with Crippen molar-refractivity contribution in [3.63, 3.8) is 0 Å². The monoisotopic (exact) mass is 302 g/mol. The van der Waals surface area contributed by atoms with E-state index in [-0.39, 0.29) is 0 Å². The summed E-state index contributed by atoms with van der Waals surface area (Å²) in [5.74, 6) is 0. The highest BCUT2D eigenvalue weighted by molar-refractivity contribution is 9.10. The topological polar surface area (TPSA) is 81.9 Å². The average Bonchev–Trinajstić information content (AvgIpc) is 2.68. The van der Waals surface area contributed by atoms with Crippen molar-refractivity contribution >= 4 is 27.1 Å². The Hall–Kier alpha value is -1.41. The number of rotatable bonds is 3. The van der Waals surface area contributed by atoms with Crippen LogP contribution in [-0.2, 0) is 18.3 Å². The summed E-state index contributed by atoms with van der Waals surface area (Å²) < 4.78 is 7.80. The van der Waals surface area contributed by atoms with Crippen LogP contribution >= 0.6 is 15.9 Å². The van der Waals surface area contributed by atoms with Crippen molar-refractivity contribution in [2.45, 2.75) is 6.54 Å². The summed E-state index contributed by atoms with van der Waals surface area (Å²) in [6.45, 7) is 0.717. The van der Waals surface area contributed by atoms with Crippen molar-refractivity contribution in [2.75, 3.05) is 13.7 Å². The Morgan fingerprint density at radius 3 is 2.82 bits per heavy atom. The second-order valence-corrected chi connectivity index (χ2v) is 4.27. The molecule has 8 heteroatoms. The van der Waals surface area contributed by atoms with Gasteiger partial charge in [0.2, 0.25) is 0 Å². The zero-order valence-corrected chi connectivity index (χ0v) is 10.9. The number of aromatic amines is 1. The van der Waals surface area contributed by atoms with Gasteiger partial charge in [0, 0.05) is 14.2 Å². The fraction of sp³-hybridized carbons (Fsp3) is 0.444. The van der Waals surface area contributed by atoms with E-state index >= 15 is 0 Å². The zero-order valence-electron chi connectivity index (χ0n) is 9.36. The molecule has 7 nitrogen and oxygen atoms in total. The number of nitrogens with zero attached hydrogens (tertiary/aromatic N) is 3. The van der Waals surface area contributed by atoms with E-state index in [1.165, 1.54) is 11.6 Å². The molecule has 0 aliphatic rings. The fourth-order valence-corrected chi connectivity index (χ4v) is 1.96. The Morgan fingerprint density at radius 1 is 1.47 bits per heavy atom. The predicted octanol–water partition coefficient (Wildman–Crippen LogP) is -0.168. The van der Waals surface area contributed by atoms with Gasteiger partial charge in [-0.05, 0) is 15.9 Å². The van der Waals surface area contributed by atoms with Crippen LogP contribution in [-0.4, -0.2) is 32.8 Å². The lowest BCUT2D eigenvalue weighted by molar-refractivity contribution is 0.186. The molecule has 0 aliphatic carbocycles. The van der Waals surface area contributed by atoms with Gasteiger partial charge in [-0.15, -0.1) is 0 Å². The molecular weight excluding hydrogens is 292 g/mol. The third-order valence-corrected chi connectivity index (χ3v) is 2.84. The van der Waals surface area contributed by atoms with Crippen LogP contribution in [0.1, 0.15) is 0 Å². The number of nitrogens with one attached hydrogen (secondary N) is 1. The number of ether oxygens (including phenoxy) is 1. The lowest BCUT2D eigenvalue weighted by Crippen LogP contribution is -2.38. The van der Waals surface area contributed by atoms with E-state index in [0.717, 1.165) is 4.57 Å². The summed E-state index contributed by atoms with van der Waals surface area (Å²) >= 11 is 3.15. The lowest BCUT2D eigenvalue weighted by atomic mass is 10.5. The Bertz CT molecular complexity index is 669. The van der Waals surface area contributed by atoms with E-state index < -0.39 is 11.2 Å². The molecule has 0 unspecified atom stereocenters. The largest absolute Gasteiger partial charge is 0.383 e. The average molecular weight is 303 g/mol. The van der Waals surface area contributed by atoms with E-state index in [9.17, 15) is 9.59 Å². The van der Waals surface area contributed by atoms with Crippen molar-refractivity contribution in [1.29, 1.82) is 0 Å². The van der Waals surface area contributed by atoms with E-state index in [0.29, 0.717) is 29.0 Å². The number of fused-ring (bicyclic) bond motifs is 1. The minimum atomic E-state index is -0.404.